The van der Waals surface area contributed by atoms with Gasteiger partial charge in [-0.1, -0.05) is 31.2 Å². The van der Waals surface area contributed by atoms with Crippen molar-refractivity contribution < 1.29 is 4.74 Å². The topological polar surface area (TPSA) is 21.3 Å². The van der Waals surface area contributed by atoms with E-state index in [0.717, 1.165) is 19.6 Å². The lowest BCUT2D eigenvalue weighted by atomic mass is 9.94. The van der Waals surface area contributed by atoms with Gasteiger partial charge >= 0.3 is 0 Å². The molecule has 1 aromatic carbocycles. The van der Waals surface area contributed by atoms with Crippen molar-refractivity contribution >= 4 is 0 Å². The molecule has 2 unspecified atom stereocenters. The molecule has 0 radical (unpaired) electrons. The SMILES string of the molecule is CCCNC(CC1CCCCO1)c1ccccc1C. The molecule has 0 spiro atoms. The van der Waals surface area contributed by atoms with Crippen molar-refractivity contribution in [1.29, 1.82) is 0 Å². The molecule has 1 fully saturated rings. The Kier molecular flexibility index (Phi) is 5.87. The first-order valence-corrected chi connectivity index (χ1v) is 7.71. The Labute approximate surface area is 117 Å². The van der Waals surface area contributed by atoms with E-state index in [1.165, 1.54) is 36.8 Å². The normalized spacial score (nSPS) is 21.3. The Morgan fingerprint density at radius 3 is 2.84 bits per heavy atom. The second-order valence-electron chi connectivity index (χ2n) is 5.59. The van der Waals surface area contributed by atoms with E-state index in [-0.39, 0.29) is 0 Å². The Balaban J connectivity index is 2.04. The summed E-state index contributed by atoms with van der Waals surface area (Å²) >= 11 is 0. The largest absolute Gasteiger partial charge is 0.378 e. The molecule has 1 aliphatic rings. The van der Waals surface area contributed by atoms with Crippen molar-refractivity contribution in [3.8, 4) is 0 Å². The summed E-state index contributed by atoms with van der Waals surface area (Å²) in [6.45, 7) is 6.45. The Morgan fingerprint density at radius 2 is 2.16 bits per heavy atom. The fraction of sp³-hybridized carbons (Fsp3) is 0.647. The van der Waals surface area contributed by atoms with E-state index < -0.39 is 0 Å². The third-order valence-electron chi connectivity index (χ3n) is 3.98. The predicted molar refractivity (Wildman–Crippen MR) is 80.4 cm³/mol. The average Bonchev–Trinajstić information content (AvgIpc) is 2.45. The second-order valence-corrected chi connectivity index (χ2v) is 5.59. The van der Waals surface area contributed by atoms with E-state index in [1.807, 2.05) is 0 Å². The summed E-state index contributed by atoms with van der Waals surface area (Å²) < 4.78 is 5.91. The highest BCUT2D eigenvalue weighted by Crippen LogP contribution is 2.26. The van der Waals surface area contributed by atoms with Crippen LogP contribution in [0.15, 0.2) is 24.3 Å². The first-order chi connectivity index (χ1) is 9.31. The summed E-state index contributed by atoms with van der Waals surface area (Å²) in [6, 6.07) is 9.16. The lowest BCUT2D eigenvalue weighted by Gasteiger charge is -2.28. The molecule has 2 heteroatoms. The predicted octanol–water partition coefficient (Wildman–Crippen LogP) is 3.99. The monoisotopic (exact) mass is 261 g/mol. The van der Waals surface area contributed by atoms with E-state index in [2.05, 4.69) is 43.4 Å². The number of ether oxygens (including phenoxy) is 1. The van der Waals surface area contributed by atoms with Crippen LogP contribution in [0.1, 0.15) is 56.2 Å². The highest BCUT2D eigenvalue weighted by Gasteiger charge is 2.21. The van der Waals surface area contributed by atoms with E-state index >= 15 is 0 Å². The van der Waals surface area contributed by atoms with Gasteiger partial charge < -0.3 is 10.1 Å². The van der Waals surface area contributed by atoms with E-state index in [9.17, 15) is 0 Å². The van der Waals surface area contributed by atoms with Crippen LogP contribution >= 0.6 is 0 Å². The molecular weight excluding hydrogens is 234 g/mol. The van der Waals surface area contributed by atoms with Crippen LogP contribution in [0.2, 0.25) is 0 Å². The van der Waals surface area contributed by atoms with Crippen LogP contribution in [0.4, 0.5) is 0 Å². The molecule has 0 aliphatic carbocycles. The van der Waals surface area contributed by atoms with E-state index in [0.29, 0.717) is 12.1 Å². The quantitative estimate of drug-likeness (QED) is 0.836. The standard InChI is InChI=1S/C17H27NO/c1-3-11-18-17(13-15-9-6-7-12-19-15)16-10-5-4-8-14(16)2/h4-5,8,10,15,17-18H,3,6-7,9,11-13H2,1-2H3. The Bertz CT molecular complexity index is 371. The summed E-state index contributed by atoms with van der Waals surface area (Å²) in [5, 5.41) is 3.69. The van der Waals surface area contributed by atoms with Gasteiger partial charge in [-0.15, -0.1) is 0 Å². The molecule has 1 aromatic rings. The third kappa shape index (κ3) is 4.32. The van der Waals surface area contributed by atoms with Crippen molar-refractivity contribution in [2.45, 2.75) is 58.1 Å². The molecule has 2 nitrogen and oxygen atoms in total. The zero-order chi connectivity index (χ0) is 13.5. The van der Waals surface area contributed by atoms with E-state index in [1.54, 1.807) is 0 Å². The summed E-state index contributed by atoms with van der Waals surface area (Å²) in [5.74, 6) is 0. The number of hydrogen-bond acceptors (Lipinski definition) is 2. The van der Waals surface area contributed by atoms with Crippen LogP contribution in [-0.2, 0) is 4.74 Å². The zero-order valence-electron chi connectivity index (χ0n) is 12.3. The Hall–Kier alpha value is -0.860. The van der Waals surface area contributed by atoms with Gasteiger partial charge in [0.15, 0.2) is 0 Å². The molecule has 2 rings (SSSR count). The minimum absolute atomic E-state index is 0.433. The minimum Gasteiger partial charge on any atom is -0.378 e. The van der Waals surface area contributed by atoms with Gasteiger partial charge in [0.2, 0.25) is 0 Å². The second kappa shape index (κ2) is 7.66. The zero-order valence-corrected chi connectivity index (χ0v) is 12.3. The molecule has 0 amide bonds. The number of hydrogen-bond donors (Lipinski definition) is 1. The Morgan fingerprint density at radius 1 is 1.32 bits per heavy atom. The number of nitrogens with one attached hydrogen (secondary N) is 1. The molecule has 0 saturated carbocycles. The average molecular weight is 261 g/mol. The van der Waals surface area contributed by atoms with Crippen LogP contribution < -0.4 is 5.32 Å². The number of benzene rings is 1. The first kappa shape index (κ1) is 14.5. The van der Waals surface area contributed by atoms with Crippen molar-refractivity contribution in [1.82, 2.24) is 5.32 Å². The maximum absolute atomic E-state index is 5.91. The van der Waals surface area contributed by atoms with Gasteiger partial charge in [-0.2, -0.15) is 0 Å². The highest BCUT2D eigenvalue weighted by molar-refractivity contribution is 5.28. The fourth-order valence-electron chi connectivity index (χ4n) is 2.87. The van der Waals surface area contributed by atoms with Crippen molar-refractivity contribution in [3.05, 3.63) is 35.4 Å². The van der Waals surface area contributed by atoms with Crippen LogP contribution in [0.5, 0.6) is 0 Å². The van der Waals surface area contributed by atoms with Gasteiger partial charge in [0.05, 0.1) is 6.10 Å². The van der Waals surface area contributed by atoms with Crippen molar-refractivity contribution in [2.24, 2.45) is 0 Å². The highest BCUT2D eigenvalue weighted by atomic mass is 16.5. The van der Waals surface area contributed by atoms with Crippen LogP contribution in [0.25, 0.3) is 0 Å². The molecule has 2 atom stereocenters. The van der Waals surface area contributed by atoms with Gasteiger partial charge in [0.25, 0.3) is 0 Å². The lowest BCUT2D eigenvalue weighted by Crippen LogP contribution is -2.29. The number of rotatable bonds is 6. The van der Waals surface area contributed by atoms with Crippen molar-refractivity contribution in [2.75, 3.05) is 13.2 Å². The van der Waals surface area contributed by atoms with E-state index in [4.69, 9.17) is 4.74 Å². The summed E-state index contributed by atoms with van der Waals surface area (Å²) in [7, 11) is 0. The fourth-order valence-corrected chi connectivity index (χ4v) is 2.87. The molecule has 0 aromatic heterocycles. The van der Waals surface area contributed by atoms with Crippen LogP contribution in [0, 0.1) is 6.92 Å². The summed E-state index contributed by atoms with van der Waals surface area (Å²) in [6.07, 6.45) is 6.48. The molecular formula is C17H27NO. The van der Waals surface area contributed by atoms with Crippen molar-refractivity contribution in [3.63, 3.8) is 0 Å². The maximum Gasteiger partial charge on any atom is 0.0593 e. The van der Waals surface area contributed by atoms with Crippen LogP contribution in [-0.4, -0.2) is 19.3 Å². The third-order valence-corrected chi connectivity index (χ3v) is 3.98. The molecule has 1 saturated heterocycles. The van der Waals surface area contributed by atoms with Gasteiger partial charge in [-0.25, -0.2) is 0 Å². The first-order valence-electron chi connectivity index (χ1n) is 7.71. The smallest absolute Gasteiger partial charge is 0.0593 e. The summed E-state index contributed by atoms with van der Waals surface area (Å²) in [4.78, 5) is 0. The molecule has 1 heterocycles. The maximum atomic E-state index is 5.91. The molecule has 106 valence electrons. The molecule has 1 aliphatic heterocycles. The molecule has 19 heavy (non-hydrogen) atoms. The minimum atomic E-state index is 0.433. The molecule has 0 bridgehead atoms. The van der Waals surface area contributed by atoms with Gasteiger partial charge in [0.1, 0.15) is 0 Å². The number of aryl methyl sites for hydroxylation is 1. The van der Waals surface area contributed by atoms with Gasteiger partial charge in [0, 0.05) is 12.6 Å². The van der Waals surface area contributed by atoms with Gasteiger partial charge in [-0.3, -0.25) is 0 Å². The van der Waals surface area contributed by atoms with Crippen LogP contribution in [0.3, 0.4) is 0 Å². The van der Waals surface area contributed by atoms with Gasteiger partial charge in [-0.05, 0) is 56.7 Å². The molecule has 1 N–H and O–H groups in total. The summed E-state index contributed by atoms with van der Waals surface area (Å²) in [5.41, 5.74) is 2.82. The lowest BCUT2D eigenvalue weighted by molar-refractivity contribution is 0.00502.